The van der Waals surface area contributed by atoms with E-state index in [9.17, 15) is 5.11 Å². The van der Waals surface area contributed by atoms with E-state index in [1.165, 1.54) is 22.2 Å². The first kappa shape index (κ1) is 20.6. The third kappa shape index (κ3) is 5.90. The lowest BCUT2D eigenvalue weighted by molar-refractivity contribution is 0.0982. The molecule has 1 aromatic carbocycles. The molecule has 2 unspecified atom stereocenters. The van der Waals surface area contributed by atoms with E-state index >= 15 is 0 Å². The summed E-state index contributed by atoms with van der Waals surface area (Å²) in [4.78, 5) is -0.787. The van der Waals surface area contributed by atoms with Gasteiger partial charge in [-0.2, -0.15) is 0 Å². The summed E-state index contributed by atoms with van der Waals surface area (Å²) >= 11 is 13.5. The molecule has 0 aromatic heterocycles. The van der Waals surface area contributed by atoms with Crippen LogP contribution in [0.2, 0.25) is 10.0 Å². The highest BCUT2D eigenvalue weighted by Gasteiger charge is 2.28. The Kier molecular flexibility index (Phi) is 7.66. The average Bonchev–Trinajstić information content (AvgIpc) is 2.55. The number of nitrogens with one attached hydrogen (secondary N) is 1. The van der Waals surface area contributed by atoms with Crippen LogP contribution in [0.4, 0.5) is 0 Å². The van der Waals surface area contributed by atoms with E-state index in [4.69, 9.17) is 23.2 Å². The summed E-state index contributed by atoms with van der Waals surface area (Å²) in [6.45, 7) is 7.66. The van der Waals surface area contributed by atoms with Crippen LogP contribution in [0.15, 0.2) is 42.5 Å². The van der Waals surface area contributed by atoms with E-state index < -0.39 is 4.93 Å². The van der Waals surface area contributed by atoms with E-state index in [2.05, 4.69) is 36.5 Å². The monoisotopic (exact) mass is 397 g/mol. The molecular weight excluding hydrogens is 373 g/mol. The molecule has 3 rings (SSSR count). The van der Waals surface area contributed by atoms with Gasteiger partial charge in [-0.15, -0.1) is 11.8 Å². The van der Waals surface area contributed by atoms with Crippen LogP contribution in [-0.4, -0.2) is 23.1 Å². The molecule has 0 radical (unpaired) electrons. The Hall–Kier alpha value is -0.710. The number of hydrogen-bond acceptors (Lipinski definition) is 3. The van der Waals surface area contributed by atoms with E-state index in [-0.39, 0.29) is 5.92 Å². The fourth-order valence-corrected chi connectivity index (χ4v) is 3.84. The van der Waals surface area contributed by atoms with Crippen LogP contribution in [0.25, 0.3) is 0 Å². The molecule has 0 heterocycles. The standard InChI is InChI=1S/C14H21Cl2NOS.C6H4/c1-4-17-8-10(2)14(3,18)19-9-11-5-6-12(15)7-13(11)16;1-2-6-4-3-5(1)6/h5-7,10,17-18H,4,8-9H2,1-3H3;1-4H. The number of rotatable bonds is 7. The number of thioether (sulfide) groups is 1. The quantitative estimate of drug-likeness (QED) is 0.518. The normalized spacial score (nSPS) is 15.0. The number of halogens is 2. The number of aliphatic hydroxyl groups is 1. The van der Waals surface area contributed by atoms with Crippen LogP contribution in [0.3, 0.4) is 0 Å². The van der Waals surface area contributed by atoms with Gasteiger partial charge in [-0.1, -0.05) is 67.4 Å². The maximum atomic E-state index is 10.5. The fraction of sp³-hybridized carbons (Fsp3) is 0.400. The van der Waals surface area contributed by atoms with Gasteiger partial charge in [0.1, 0.15) is 4.93 Å². The Labute approximate surface area is 164 Å². The molecule has 2 N–H and O–H groups in total. The number of hydrogen-bond donors (Lipinski definition) is 2. The van der Waals surface area contributed by atoms with E-state index in [1.54, 1.807) is 6.07 Å². The maximum absolute atomic E-state index is 10.5. The van der Waals surface area contributed by atoms with Crippen molar-refractivity contribution in [2.24, 2.45) is 5.92 Å². The molecule has 0 spiro atoms. The maximum Gasteiger partial charge on any atom is 0.111 e. The molecule has 2 nitrogen and oxygen atoms in total. The molecule has 2 aliphatic carbocycles. The van der Waals surface area contributed by atoms with Crippen LogP contribution in [0.1, 0.15) is 26.3 Å². The van der Waals surface area contributed by atoms with Gasteiger partial charge in [-0.3, -0.25) is 0 Å². The van der Waals surface area contributed by atoms with Crippen LogP contribution in [-0.2, 0) is 5.75 Å². The minimum atomic E-state index is -0.787. The molecule has 1 aromatic rings. The van der Waals surface area contributed by atoms with Crippen molar-refractivity contribution in [1.29, 1.82) is 0 Å². The second kappa shape index (κ2) is 9.29. The van der Waals surface area contributed by atoms with Gasteiger partial charge in [0.25, 0.3) is 0 Å². The molecule has 2 atom stereocenters. The van der Waals surface area contributed by atoms with Crippen LogP contribution in [0, 0.1) is 16.4 Å². The average molecular weight is 398 g/mol. The largest absolute Gasteiger partial charge is 0.379 e. The van der Waals surface area contributed by atoms with Crippen LogP contribution >= 0.6 is 35.0 Å². The molecule has 0 fully saturated rings. The molecule has 25 heavy (non-hydrogen) atoms. The van der Waals surface area contributed by atoms with Gasteiger partial charge in [-0.25, -0.2) is 0 Å². The summed E-state index contributed by atoms with van der Waals surface area (Å²) in [5, 5.41) is 17.9. The molecule has 136 valence electrons. The van der Waals surface area contributed by atoms with Gasteiger partial charge in [0.05, 0.1) is 0 Å². The Morgan fingerprint density at radius 1 is 1.12 bits per heavy atom. The highest BCUT2D eigenvalue weighted by molar-refractivity contribution is 7.99. The second-order valence-electron chi connectivity index (χ2n) is 6.37. The zero-order valence-corrected chi connectivity index (χ0v) is 17.2. The molecule has 2 aliphatic rings. The molecule has 0 saturated carbocycles. The van der Waals surface area contributed by atoms with Crippen molar-refractivity contribution in [3.8, 4) is 0 Å². The topological polar surface area (TPSA) is 32.3 Å². The Morgan fingerprint density at radius 3 is 2.16 bits per heavy atom. The summed E-state index contributed by atoms with van der Waals surface area (Å²) in [5.74, 6) is 0.822. The van der Waals surface area contributed by atoms with Crippen molar-refractivity contribution in [3.63, 3.8) is 0 Å². The van der Waals surface area contributed by atoms with Crippen LogP contribution < -0.4 is 5.32 Å². The predicted octanol–water partition coefficient (Wildman–Crippen LogP) is 5.47. The first-order valence-electron chi connectivity index (χ1n) is 8.45. The second-order valence-corrected chi connectivity index (χ2v) is 8.61. The fourth-order valence-electron chi connectivity index (χ4n) is 2.22. The number of benzene rings is 2. The van der Waals surface area contributed by atoms with Crippen molar-refractivity contribution in [3.05, 3.63) is 68.5 Å². The lowest BCUT2D eigenvalue weighted by Crippen LogP contribution is -2.36. The van der Waals surface area contributed by atoms with E-state index in [0.717, 1.165) is 18.7 Å². The summed E-state index contributed by atoms with van der Waals surface area (Å²) in [7, 11) is 0. The molecule has 0 saturated heterocycles. The molecule has 5 heteroatoms. The molecule has 0 amide bonds. The van der Waals surface area contributed by atoms with Crippen molar-refractivity contribution < 1.29 is 5.11 Å². The first-order chi connectivity index (χ1) is 11.8. The third-order valence-electron chi connectivity index (χ3n) is 4.37. The summed E-state index contributed by atoms with van der Waals surface area (Å²) in [6, 6.07) is 13.9. The smallest absolute Gasteiger partial charge is 0.111 e. The molecular formula is C20H25Cl2NOS. The zero-order valence-electron chi connectivity index (χ0n) is 14.9. The van der Waals surface area contributed by atoms with Crippen molar-refractivity contribution in [2.75, 3.05) is 13.1 Å². The van der Waals surface area contributed by atoms with Gasteiger partial charge >= 0.3 is 0 Å². The van der Waals surface area contributed by atoms with Crippen LogP contribution in [0.5, 0.6) is 0 Å². The Morgan fingerprint density at radius 2 is 1.72 bits per heavy atom. The van der Waals surface area contributed by atoms with Gasteiger partial charge in [0.2, 0.25) is 0 Å². The highest BCUT2D eigenvalue weighted by Crippen LogP contribution is 2.34. The van der Waals surface area contributed by atoms with Gasteiger partial charge in [0, 0.05) is 28.3 Å². The predicted molar refractivity (Wildman–Crippen MR) is 110 cm³/mol. The van der Waals surface area contributed by atoms with Gasteiger partial charge in [-0.05, 0) is 41.6 Å². The minimum absolute atomic E-state index is 0.156. The first-order valence-corrected chi connectivity index (χ1v) is 10.2. The summed E-state index contributed by atoms with van der Waals surface area (Å²) in [6.07, 6.45) is 0. The van der Waals surface area contributed by atoms with Gasteiger partial charge in [0.15, 0.2) is 0 Å². The minimum Gasteiger partial charge on any atom is -0.379 e. The summed E-state index contributed by atoms with van der Waals surface area (Å²) in [5.41, 5.74) is 0.993. The Balaban J connectivity index is 0.000000306. The highest BCUT2D eigenvalue weighted by atomic mass is 35.5. The SMILES string of the molecule is CCNCC(C)C(C)(O)SCc1ccc(Cl)cc1Cl.c1cc2ccc1=2. The molecule has 0 aliphatic heterocycles. The Bertz CT molecular complexity index is 744. The zero-order chi connectivity index (χ0) is 18.4. The molecule has 0 bridgehead atoms. The van der Waals surface area contributed by atoms with Crippen molar-refractivity contribution >= 4 is 35.0 Å². The van der Waals surface area contributed by atoms with E-state index in [1.807, 2.05) is 26.0 Å². The third-order valence-corrected chi connectivity index (χ3v) is 6.40. The summed E-state index contributed by atoms with van der Waals surface area (Å²) < 4.78 is 0. The van der Waals surface area contributed by atoms with Gasteiger partial charge < -0.3 is 10.4 Å². The lowest BCUT2D eigenvalue weighted by atomic mass is 10.1. The van der Waals surface area contributed by atoms with E-state index in [0.29, 0.717) is 15.8 Å². The van der Waals surface area contributed by atoms with Crippen molar-refractivity contribution in [1.82, 2.24) is 5.32 Å². The lowest BCUT2D eigenvalue weighted by Gasteiger charge is -2.30. The van der Waals surface area contributed by atoms with Crippen molar-refractivity contribution in [2.45, 2.75) is 31.5 Å².